The molecule has 0 radical (unpaired) electrons. The number of benzene rings is 1. The number of aromatic nitrogens is 4. The van der Waals surface area contributed by atoms with Gasteiger partial charge in [0.25, 0.3) is 0 Å². The molecule has 0 aliphatic rings. The third kappa shape index (κ3) is 3.96. The van der Waals surface area contributed by atoms with Gasteiger partial charge in [0.15, 0.2) is 5.65 Å². The number of rotatable bonds is 6. The molecule has 0 fully saturated rings. The van der Waals surface area contributed by atoms with Crippen molar-refractivity contribution in [1.82, 2.24) is 24.6 Å². The van der Waals surface area contributed by atoms with Gasteiger partial charge in [-0.05, 0) is 21.5 Å². The minimum Gasteiger partial charge on any atom is -0.369 e. The Morgan fingerprint density at radius 1 is 1.28 bits per heavy atom. The van der Waals surface area contributed by atoms with Crippen LogP contribution in [0.1, 0.15) is 12.0 Å². The first-order chi connectivity index (χ1) is 12.1. The molecule has 2 aromatic heterocycles. The normalized spacial score (nSPS) is 10.8. The Kier molecular flexibility index (Phi) is 5.28. The second kappa shape index (κ2) is 7.60. The number of carbonyl (C=O) groups excluding carboxylic acids is 1. The zero-order valence-corrected chi connectivity index (χ0v) is 15.7. The second-order valence-electron chi connectivity index (χ2n) is 5.75. The van der Waals surface area contributed by atoms with E-state index in [4.69, 9.17) is 0 Å². The van der Waals surface area contributed by atoms with Crippen LogP contribution in [0.3, 0.4) is 0 Å². The van der Waals surface area contributed by atoms with Crippen molar-refractivity contribution >= 4 is 38.7 Å². The summed E-state index contributed by atoms with van der Waals surface area (Å²) in [7, 11) is 3.64. The number of fused-ring (bicyclic) bond motifs is 1. The molecule has 7 nitrogen and oxygen atoms in total. The third-order valence-corrected chi connectivity index (χ3v) is 4.45. The molecule has 0 aliphatic carbocycles. The molecule has 0 bridgehead atoms. The molecule has 0 saturated heterocycles. The zero-order chi connectivity index (χ0) is 17.8. The summed E-state index contributed by atoms with van der Waals surface area (Å²) in [5.41, 5.74) is 1.85. The van der Waals surface area contributed by atoms with Crippen LogP contribution in [0.2, 0.25) is 0 Å². The molecule has 8 heteroatoms. The Morgan fingerprint density at radius 2 is 2.04 bits per heavy atom. The fourth-order valence-electron chi connectivity index (χ4n) is 2.60. The van der Waals surface area contributed by atoms with Crippen LogP contribution in [0.25, 0.3) is 11.0 Å². The quantitative estimate of drug-likeness (QED) is 0.685. The fraction of sp³-hybridized carbons (Fsp3) is 0.294. The molecular formula is C17H19BrN6O. The Morgan fingerprint density at radius 3 is 2.80 bits per heavy atom. The SMILES string of the molecule is CN(Cc1ccccc1)C(=O)CCNc1ncnc2c1c(Br)nn2C. The van der Waals surface area contributed by atoms with E-state index in [1.165, 1.54) is 6.33 Å². The highest BCUT2D eigenvalue weighted by Gasteiger charge is 2.14. The van der Waals surface area contributed by atoms with E-state index in [2.05, 4.69) is 36.3 Å². The van der Waals surface area contributed by atoms with Gasteiger partial charge in [-0.25, -0.2) is 14.6 Å². The minimum absolute atomic E-state index is 0.0758. The molecule has 1 aromatic carbocycles. The van der Waals surface area contributed by atoms with Crippen LogP contribution in [0.4, 0.5) is 5.82 Å². The standard InChI is InChI=1S/C17H19BrN6O/c1-23(10-12-6-4-3-5-7-12)13(25)8-9-19-16-14-15(18)22-24(2)17(14)21-11-20-16/h3-7,11H,8-10H2,1-2H3,(H,19,20,21). The first-order valence-electron chi connectivity index (χ1n) is 7.91. The minimum atomic E-state index is 0.0758. The van der Waals surface area contributed by atoms with Gasteiger partial charge in [-0.15, -0.1) is 0 Å². The lowest BCUT2D eigenvalue weighted by Crippen LogP contribution is -2.27. The van der Waals surface area contributed by atoms with Crippen molar-refractivity contribution < 1.29 is 4.79 Å². The summed E-state index contributed by atoms with van der Waals surface area (Å²) in [5, 5.41) is 8.31. The molecule has 0 aliphatic heterocycles. The van der Waals surface area contributed by atoms with Crippen molar-refractivity contribution in [3.63, 3.8) is 0 Å². The van der Waals surface area contributed by atoms with Crippen LogP contribution < -0.4 is 5.32 Å². The summed E-state index contributed by atoms with van der Waals surface area (Å²) in [4.78, 5) is 22.5. The van der Waals surface area contributed by atoms with Crippen molar-refractivity contribution in [3.05, 3.63) is 46.8 Å². The first kappa shape index (κ1) is 17.3. The molecule has 1 N–H and O–H groups in total. The van der Waals surface area contributed by atoms with Gasteiger partial charge in [-0.1, -0.05) is 30.3 Å². The molecule has 1 amide bonds. The van der Waals surface area contributed by atoms with E-state index in [0.717, 1.165) is 16.6 Å². The molecule has 0 spiro atoms. The molecule has 25 heavy (non-hydrogen) atoms. The molecular weight excluding hydrogens is 384 g/mol. The number of anilines is 1. The lowest BCUT2D eigenvalue weighted by Gasteiger charge is -2.17. The van der Waals surface area contributed by atoms with Gasteiger partial charge in [0, 0.05) is 33.6 Å². The van der Waals surface area contributed by atoms with Crippen LogP contribution >= 0.6 is 15.9 Å². The van der Waals surface area contributed by atoms with Crippen molar-refractivity contribution in [3.8, 4) is 0 Å². The fourth-order valence-corrected chi connectivity index (χ4v) is 3.20. The summed E-state index contributed by atoms with van der Waals surface area (Å²) in [6.07, 6.45) is 1.87. The average molecular weight is 403 g/mol. The maximum Gasteiger partial charge on any atom is 0.224 e. The monoisotopic (exact) mass is 402 g/mol. The van der Waals surface area contributed by atoms with E-state index >= 15 is 0 Å². The predicted octanol–water partition coefficient (Wildman–Crippen LogP) is 2.59. The number of nitrogens with zero attached hydrogens (tertiary/aromatic N) is 5. The lowest BCUT2D eigenvalue weighted by molar-refractivity contribution is -0.130. The van der Waals surface area contributed by atoms with Crippen LogP contribution in [0.15, 0.2) is 41.3 Å². The summed E-state index contributed by atoms with van der Waals surface area (Å²) in [6.45, 7) is 1.09. The van der Waals surface area contributed by atoms with E-state index in [9.17, 15) is 4.79 Å². The van der Waals surface area contributed by atoms with Crippen molar-refractivity contribution in [2.24, 2.45) is 7.05 Å². The number of amides is 1. The maximum absolute atomic E-state index is 12.3. The summed E-state index contributed by atoms with van der Waals surface area (Å²) < 4.78 is 2.37. The third-order valence-electron chi connectivity index (χ3n) is 3.90. The molecule has 0 unspecified atom stereocenters. The predicted molar refractivity (Wildman–Crippen MR) is 100 cm³/mol. The van der Waals surface area contributed by atoms with Crippen LogP contribution in [-0.2, 0) is 18.4 Å². The van der Waals surface area contributed by atoms with E-state index < -0.39 is 0 Å². The van der Waals surface area contributed by atoms with Gasteiger partial charge < -0.3 is 10.2 Å². The van der Waals surface area contributed by atoms with Crippen LogP contribution in [0, 0.1) is 0 Å². The van der Waals surface area contributed by atoms with Crippen molar-refractivity contribution in [2.45, 2.75) is 13.0 Å². The number of nitrogens with one attached hydrogen (secondary N) is 1. The van der Waals surface area contributed by atoms with Gasteiger partial charge in [-0.2, -0.15) is 5.10 Å². The summed E-state index contributed by atoms with van der Waals surface area (Å²) in [5.74, 6) is 0.746. The number of carbonyl (C=O) groups is 1. The molecule has 3 rings (SSSR count). The number of aryl methyl sites for hydroxylation is 1. The Hall–Kier alpha value is -2.48. The number of hydrogen-bond donors (Lipinski definition) is 1. The number of halogens is 1. The highest BCUT2D eigenvalue weighted by atomic mass is 79.9. The van der Waals surface area contributed by atoms with Gasteiger partial charge >= 0.3 is 0 Å². The van der Waals surface area contributed by atoms with Gasteiger partial charge in [-0.3, -0.25) is 4.79 Å². The zero-order valence-electron chi connectivity index (χ0n) is 14.1. The molecule has 0 atom stereocenters. The largest absolute Gasteiger partial charge is 0.369 e. The summed E-state index contributed by atoms with van der Waals surface area (Å²) in [6, 6.07) is 9.94. The maximum atomic E-state index is 12.3. The van der Waals surface area contributed by atoms with Crippen molar-refractivity contribution in [2.75, 3.05) is 18.9 Å². The Balaban J connectivity index is 1.59. The van der Waals surface area contributed by atoms with E-state index in [1.54, 1.807) is 9.58 Å². The molecule has 2 heterocycles. The molecule has 3 aromatic rings. The smallest absolute Gasteiger partial charge is 0.224 e. The Bertz CT molecular complexity index is 879. The van der Waals surface area contributed by atoms with E-state index in [1.807, 2.05) is 44.4 Å². The number of hydrogen-bond acceptors (Lipinski definition) is 5. The molecule has 130 valence electrons. The van der Waals surface area contributed by atoms with Crippen LogP contribution in [-0.4, -0.2) is 44.1 Å². The van der Waals surface area contributed by atoms with Crippen LogP contribution in [0.5, 0.6) is 0 Å². The highest BCUT2D eigenvalue weighted by Crippen LogP contribution is 2.26. The highest BCUT2D eigenvalue weighted by molar-refractivity contribution is 9.10. The second-order valence-corrected chi connectivity index (χ2v) is 6.50. The average Bonchev–Trinajstić information content (AvgIpc) is 2.91. The topological polar surface area (TPSA) is 75.9 Å². The Labute approximate surface area is 154 Å². The first-order valence-corrected chi connectivity index (χ1v) is 8.70. The van der Waals surface area contributed by atoms with Gasteiger partial charge in [0.05, 0.1) is 5.39 Å². The van der Waals surface area contributed by atoms with Crippen molar-refractivity contribution in [1.29, 1.82) is 0 Å². The molecule has 0 saturated carbocycles. The van der Waals surface area contributed by atoms with Gasteiger partial charge in [0.1, 0.15) is 16.7 Å². The van der Waals surface area contributed by atoms with E-state index in [-0.39, 0.29) is 5.91 Å². The summed E-state index contributed by atoms with van der Waals surface area (Å²) >= 11 is 3.42. The van der Waals surface area contributed by atoms with E-state index in [0.29, 0.717) is 29.9 Å². The lowest BCUT2D eigenvalue weighted by atomic mass is 10.2. The van der Waals surface area contributed by atoms with Gasteiger partial charge in [0.2, 0.25) is 5.91 Å².